The molecule has 0 radical (unpaired) electrons. The van der Waals surface area contributed by atoms with Crippen molar-refractivity contribution in [3.8, 4) is 16.9 Å². The van der Waals surface area contributed by atoms with Crippen LogP contribution in [0.1, 0.15) is 0 Å². The van der Waals surface area contributed by atoms with Crippen molar-refractivity contribution < 1.29 is 14.7 Å². The molecule has 0 fully saturated rings. The van der Waals surface area contributed by atoms with Crippen molar-refractivity contribution in [3.63, 3.8) is 0 Å². The minimum absolute atomic E-state index is 0.482. The predicted molar refractivity (Wildman–Crippen MR) is 97.7 cm³/mol. The van der Waals surface area contributed by atoms with E-state index in [4.69, 9.17) is 4.65 Å². The van der Waals surface area contributed by atoms with Crippen LogP contribution in [0.5, 0.6) is 5.75 Å². The van der Waals surface area contributed by atoms with Crippen molar-refractivity contribution in [2.45, 2.75) is 0 Å². The maximum Gasteiger partial charge on any atom is 0.707 e. The summed E-state index contributed by atoms with van der Waals surface area (Å²) in [6.07, 6.45) is 0. The molecule has 0 unspecified atom stereocenters. The molecule has 116 valence electrons. The Morgan fingerprint density at radius 3 is 1.54 bits per heavy atom. The lowest BCUT2D eigenvalue weighted by atomic mass is 9.91. The first-order valence-corrected chi connectivity index (χ1v) is 7.77. The Morgan fingerprint density at radius 1 is 0.583 bits per heavy atom. The SMILES string of the molecule is OB(O)Oc1c2ccccc2c(-c2ccccc2)c2ccccc12. The smallest absolute Gasteiger partial charge is 0.511 e. The second-order valence-corrected chi connectivity index (χ2v) is 5.61. The normalized spacial score (nSPS) is 10.9. The average molecular weight is 314 g/mol. The summed E-state index contributed by atoms with van der Waals surface area (Å²) in [7, 11) is -1.86. The van der Waals surface area contributed by atoms with Crippen LogP contribution >= 0.6 is 0 Å². The molecule has 24 heavy (non-hydrogen) atoms. The van der Waals surface area contributed by atoms with Crippen LogP contribution in [0.25, 0.3) is 32.7 Å². The summed E-state index contributed by atoms with van der Waals surface area (Å²) in [6, 6.07) is 25.9. The third kappa shape index (κ3) is 2.42. The molecular weight excluding hydrogens is 299 g/mol. The van der Waals surface area contributed by atoms with Gasteiger partial charge in [-0.15, -0.1) is 0 Å². The highest BCUT2D eigenvalue weighted by atomic mass is 16.6. The lowest BCUT2D eigenvalue weighted by molar-refractivity contribution is 0.291. The van der Waals surface area contributed by atoms with Crippen molar-refractivity contribution in [2.75, 3.05) is 0 Å². The molecule has 4 heteroatoms. The molecule has 0 atom stereocenters. The van der Waals surface area contributed by atoms with Crippen LogP contribution in [-0.2, 0) is 0 Å². The molecule has 0 amide bonds. The van der Waals surface area contributed by atoms with Gasteiger partial charge in [-0.1, -0.05) is 78.9 Å². The second kappa shape index (κ2) is 6.00. The van der Waals surface area contributed by atoms with Crippen molar-refractivity contribution in [2.24, 2.45) is 0 Å². The molecule has 0 aliphatic heterocycles. The Kier molecular flexibility index (Phi) is 3.69. The Hall–Kier alpha value is -2.82. The fourth-order valence-electron chi connectivity index (χ4n) is 3.24. The maximum absolute atomic E-state index is 9.34. The van der Waals surface area contributed by atoms with Gasteiger partial charge in [-0.2, -0.15) is 0 Å². The molecule has 0 aliphatic rings. The Bertz CT molecular complexity index is 956. The van der Waals surface area contributed by atoms with E-state index in [-0.39, 0.29) is 0 Å². The second-order valence-electron chi connectivity index (χ2n) is 5.61. The van der Waals surface area contributed by atoms with Gasteiger partial charge >= 0.3 is 7.32 Å². The van der Waals surface area contributed by atoms with E-state index < -0.39 is 7.32 Å². The summed E-state index contributed by atoms with van der Waals surface area (Å²) in [5.41, 5.74) is 2.22. The molecule has 0 bridgehead atoms. The van der Waals surface area contributed by atoms with Crippen molar-refractivity contribution in [1.29, 1.82) is 0 Å². The zero-order chi connectivity index (χ0) is 16.5. The summed E-state index contributed by atoms with van der Waals surface area (Å²) >= 11 is 0. The van der Waals surface area contributed by atoms with Gasteiger partial charge in [-0.25, -0.2) is 0 Å². The van der Waals surface area contributed by atoms with Crippen LogP contribution in [0.4, 0.5) is 0 Å². The van der Waals surface area contributed by atoms with Crippen LogP contribution in [0.3, 0.4) is 0 Å². The van der Waals surface area contributed by atoms with Crippen LogP contribution in [-0.4, -0.2) is 17.4 Å². The van der Waals surface area contributed by atoms with Gasteiger partial charge in [0.25, 0.3) is 0 Å². The van der Waals surface area contributed by atoms with Gasteiger partial charge in [0.15, 0.2) is 0 Å². The van der Waals surface area contributed by atoms with E-state index in [1.54, 1.807) is 0 Å². The molecule has 0 aliphatic carbocycles. The number of hydrogen-bond acceptors (Lipinski definition) is 3. The molecule has 0 spiro atoms. The fraction of sp³-hybridized carbons (Fsp3) is 0. The largest absolute Gasteiger partial charge is 0.707 e. The van der Waals surface area contributed by atoms with E-state index in [0.29, 0.717) is 5.75 Å². The summed E-state index contributed by atoms with van der Waals surface area (Å²) in [5.74, 6) is 0.482. The molecule has 4 aromatic carbocycles. The zero-order valence-corrected chi connectivity index (χ0v) is 12.9. The first-order chi connectivity index (χ1) is 11.8. The molecular formula is C20H15BO3. The van der Waals surface area contributed by atoms with Gasteiger partial charge in [-0.05, 0) is 21.9 Å². The zero-order valence-electron chi connectivity index (χ0n) is 12.9. The first-order valence-electron chi connectivity index (χ1n) is 7.77. The number of rotatable bonds is 3. The fourth-order valence-corrected chi connectivity index (χ4v) is 3.24. The van der Waals surface area contributed by atoms with Gasteiger partial charge < -0.3 is 14.7 Å². The van der Waals surface area contributed by atoms with Gasteiger partial charge in [-0.3, -0.25) is 0 Å². The monoisotopic (exact) mass is 314 g/mol. The Morgan fingerprint density at radius 2 is 1.04 bits per heavy atom. The third-order valence-electron chi connectivity index (χ3n) is 4.17. The lowest BCUT2D eigenvalue weighted by Crippen LogP contribution is -2.21. The van der Waals surface area contributed by atoms with Gasteiger partial charge in [0.2, 0.25) is 0 Å². The van der Waals surface area contributed by atoms with Crippen molar-refractivity contribution >= 4 is 28.9 Å². The van der Waals surface area contributed by atoms with Crippen molar-refractivity contribution in [3.05, 3.63) is 78.9 Å². The third-order valence-corrected chi connectivity index (χ3v) is 4.17. The van der Waals surface area contributed by atoms with E-state index in [1.807, 2.05) is 66.7 Å². The van der Waals surface area contributed by atoms with Crippen LogP contribution in [0, 0.1) is 0 Å². The highest BCUT2D eigenvalue weighted by molar-refractivity contribution is 6.35. The van der Waals surface area contributed by atoms with E-state index >= 15 is 0 Å². The molecule has 2 N–H and O–H groups in total. The molecule has 0 heterocycles. The van der Waals surface area contributed by atoms with Gasteiger partial charge in [0.1, 0.15) is 5.75 Å². The van der Waals surface area contributed by atoms with E-state index in [1.165, 1.54) is 0 Å². The summed E-state index contributed by atoms with van der Waals surface area (Å²) in [4.78, 5) is 0. The molecule has 0 saturated heterocycles. The summed E-state index contributed by atoms with van der Waals surface area (Å²) in [6.45, 7) is 0. The highest BCUT2D eigenvalue weighted by Gasteiger charge is 2.19. The van der Waals surface area contributed by atoms with Crippen LogP contribution in [0.2, 0.25) is 0 Å². The average Bonchev–Trinajstić information content (AvgIpc) is 2.62. The van der Waals surface area contributed by atoms with Crippen LogP contribution < -0.4 is 4.65 Å². The maximum atomic E-state index is 9.34. The Labute approximate surface area is 139 Å². The Balaban J connectivity index is 2.19. The number of hydrogen-bond donors (Lipinski definition) is 2. The van der Waals surface area contributed by atoms with Crippen LogP contribution in [0.15, 0.2) is 78.9 Å². The highest BCUT2D eigenvalue weighted by Crippen LogP contribution is 2.42. The van der Waals surface area contributed by atoms with Gasteiger partial charge in [0, 0.05) is 10.8 Å². The van der Waals surface area contributed by atoms with E-state index in [0.717, 1.165) is 32.7 Å². The molecule has 0 saturated carbocycles. The lowest BCUT2D eigenvalue weighted by Gasteiger charge is -2.17. The predicted octanol–water partition coefficient (Wildman–Crippen LogP) is 4.01. The summed E-state index contributed by atoms with van der Waals surface area (Å²) < 4.78 is 5.34. The topological polar surface area (TPSA) is 49.7 Å². The molecule has 3 nitrogen and oxygen atoms in total. The number of fused-ring (bicyclic) bond motifs is 2. The number of benzene rings is 4. The minimum Gasteiger partial charge on any atom is -0.511 e. The van der Waals surface area contributed by atoms with Gasteiger partial charge in [0.05, 0.1) is 0 Å². The quantitative estimate of drug-likeness (QED) is 0.444. The van der Waals surface area contributed by atoms with E-state index in [9.17, 15) is 10.0 Å². The molecule has 4 rings (SSSR count). The molecule has 0 aromatic heterocycles. The minimum atomic E-state index is -1.86. The first kappa shape index (κ1) is 14.8. The summed E-state index contributed by atoms with van der Waals surface area (Å²) in [5, 5.41) is 22.4. The standard InChI is InChI=1S/C20H15BO3/c22-21(23)24-20-17-12-6-4-10-15(17)19(14-8-2-1-3-9-14)16-11-5-7-13-18(16)20/h1-13,22-23H. The van der Waals surface area contributed by atoms with E-state index in [2.05, 4.69) is 12.1 Å². The van der Waals surface area contributed by atoms with Crippen molar-refractivity contribution in [1.82, 2.24) is 0 Å². The molecule has 4 aromatic rings.